The highest BCUT2D eigenvalue weighted by Gasteiger charge is 2.34. The number of hydrogen-bond acceptors (Lipinski definition) is 3. The molecule has 4 nitrogen and oxygen atoms in total. The summed E-state index contributed by atoms with van der Waals surface area (Å²) >= 11 is 0. The molecule has 4 rings (SSSR count). The summed E-state index contributed by atoms with van der Waals surface area (Å²) in [7, 11) is 0. The molecule has 112 valence electrons. The van der Waals surface area contributed by atoms with Crippen LogP contribution in [0.2, 0.25) is 0 Å². The molecule has 1 aliphatic heterocycles. The van der Waals surface area contributed by atoms with Gasteiger partial charge < -0.3 is 5.11 Å². The van der Waals surface area contributed by atoms with Crippen molar-refractivity contribution in [2.45, 2.75) is 6.23 Å². The lowest BCUT2D eigenvalue weighted by Gasteiger charge is -2.34. The normalized spacial score (nSPS) is 15.7. The number of aromatic nitrogens is 1. The number of benzene rings is 2. The maximum atomic E-state index is 12.9. The maximum Gasteiger partial charge on any atom is 0.260 e. The Morgan fingerprint density at radius 3 is 2.43 bits per heavy atom. The van der Waals surface area contributed by atoms with Crippen LogP contribution in [0.15, 0.2) is 72.9 Å². The van der Waals surface area contributed by atoms with Crippen molar-refractivity contribution in [3.8, 4) is 11.1 Å². The number of amides is 1. The highest BCUT2D eigenvalue weighted by molar-refractivity contribution is 6.09. The first-order valence-electron chi connectivity index (χ1n) is 7.38. The van der Waals surface area contributed by atoms with Crippen molar-refractivity contribution in [1.29, 1.82) is 0 Å². The number of anilines is 1. The van der Waals surface area contributed by atoms with E-state index in [1.807, 2.05) is 54.6 Å². The topological polar surface area (TPSA) is 53.4 Å². The van der Waals surface area contributed by atoms with Crippen LogP contribution in [-0.2, 0) is 0 Å². The van der Waals surface area contributed by atoms with Crippen LogP contribution in [0.4, 0.5) is 5.69 Å². The molecule has 0 aliphatic carbocycles. The van der Waals surface area contributed by atoms with Gasteiger partial charge in [-0.05, 0) is 24.3 Å². The fraction of sp³-hybridized carbons (Fsp3) is 0.0526. The van der Waals surface area contributed by atoms with Crippen LogP contribution < -0.4 is 4.90 Å². The number of rotatable bonds is 1. The molecule has 3 aromatic rings. The molecular formula is C19H14N2O2. The number of nitrogens with zero attached hydrogens (tertiary/aromatic N) is 2. The third kappa shape index (κ3) is 2.12. The summed E-state index contributed by atoms with van der Waals surface area (Å²) in [5, 5.41) is 10.7. The lowest BCUT2D eigenvalue weighted by Crippen LogP contribution is -2.38. The van der Waals surface area contributed by atoms with E-state index in [4.69, 9.17) is 0 Å². The van der Waals surface area contributed by atoms with E-state index in [1.54, 1.807) is 18.3 Å². The summed E-state index contributed by atoms with van der Waals surface area (Å²) in [6.07, 6.45) is 0.523. The van der Waals surface area contributed by atoms with Gasteiger partial charge in [-0.2, -0.15) is 0 Å². The first kappa shape index (κ1) is 13.7. The Bertz CT molecular complexity index is 877. The number of pyridine rings is 1. The van der Waals surface area contributed by atoms with Gasteiger partial charge in [-0.25, -0.2) is 0 Å². The lowest BCUT2D eigenvalue weighted by molar-refractivity contribution is 0.0879. The van der Waals surface area contributed by atoms with Crippen molar-refractivity contribution in [2.75, 3.05) is 4.90 Å². The molecule has 0 saturated heterocycles. The Morgan fingerprint density at radius 1 is 0.913 bits per heavy atom. The van der Waals surface area contributed by atoms with E-state index in [9.17, 15) is 9.90 Å². The monoisotopic (exact) mass is 302 g/mol. The molecule has 0 fully saturated rings. The largest absolute Gasteiger partial charge is 0.368 e. The second kappa shape index (κ2) is 5.34. The number of aliphatic hydroxyl groups is 1. The predicted molar refractivity (Wildman–Crippen MR) is 87.9 cm³/mol. The van der Waals surface area contributed by atoms with Gasteiger partial charge in [-0.3, -0.25) is 14.7 Å². The highest BCUT2D eigenvalue weighted by Crippen LogP contribution is 2.43. The molecule has 0 radical (unpaired) electrons. The van der Waals surface area contributed by atoms with Gasteiger partial charge in [0.1, 0.15) is 0 Å². The quantitative estimate of drug-likeness (QED) is 0.749. The lowest BCUT2D eigenvalue weighted by atomic mass is 9.95. The van der Waals surface area contributed by atoms with Gasteiger partial charge in [-0.1, -0.05) is 42.5 Å². The summed E-state index contributed by atoms with van der Waals surface area (Å²) in [5.74, 6) is -0.248. The minimum Gasteiger partial charge on any atom is -0.368 e. The summed E-state index contributed by atoms with van der Waals surface area (Å²) in [4.78, 5) is 18.6. The third-order valence-corrected chi connectivity index (χ3v) is 4.02. The molecule has 0 saturated carbocycles. The molecule has 0 spiro atoms. The molecule has 1 aliphatic rings. The van der Waals surface area contributed by atoms with Crippen LogP contribution in [0, 0.1) is 0 Å². The average Bonchev–Trinajstić information content (AvgIpc) is 2.63. The first-order valence-corrected chi connectivity index (χ1v) is 7.38. The predicted octanol–water partition coefficient (Wildman–Crippen LogP) is 3.40. The Labute approximate surface area is 133 Å². The Morgan fingerprint density at radius 2 is 1.61 bits per heavy atom. The molecule has 1 unspecified atom stereocenters. The van der Waals surface area contributed by atoms with Gasteiger partial charge in [0, 0.05) is 22.9 Å². The van der Waals surface area contributed by atoms with Crippen molar-refractivity contribution in [2.24, 2.45) is 0 Å². The molecule has 2 heterocycles. The summed E-state index contributed by atoms with van der Waals surface area (Å²) in [6.45, 7) is 0. The summed E-state index contributed by atoms with van der Waals surface area (Å²) in [5.41, 5.74) is 3.46. The number of hydrogen-bond donors (Lipinski definition) is 1. The van der Waals surface area contributed by atoms with Crippen LogP contribution >= 0.6 is 0 Å². The Hall–Kier alpha value is -2.98. The third-order valence-electron chi connectivity index (χ3n) is 4.02. The zero-order chi connectivity index (χ0) is 15.8. The van der Waals surface area contributed by atoms with E-state index in [0.29, 0.717) is 16.9 Å². The first-order chi connectivity index (χ1) is 11.3. The van der Waals surface area contributed by atoms with E-state index in [-0.39, 0.29) is 5.91 Å². The summed E-state index contributed by atoms with van der Waals surface area (Å²) in [6, 6.07) is 20.2. The van der Waals surface area contributed by atoms with E-state index >= 15 is 0 Å². The van der Waals surface area contributed by atoms with E-state index in [0.717, 1.165) is 11.1 Å². The average molecular weight is 302 g/mol. The summed E-state index contributed by atoms with van der Waals surface area (Å²) < 4.78 is 0. The molecule has 23 heavy (non-hydrogen) atoms. The molecule has 1 aromatic heterocycles. The highest BCUT2D eigenvalue weighted by atomic mass is 16.3. The molecule has 1 N–H and O–H groups in total. The van der Waals surface area contributed by atoms with Crippen molar-refractivity contribution >= 4 is 11.6 Å². The van der Waals surface area contributed by atoms with Crippen LogP contribution in [-0.4, -0.2) is 16.0 Å². The SMILES string of the molecule is O=C(c1ccccc1)N1c2ccccc2-c2cccnc2C1O. The van der Waals surface area contributed by atoms with Crippen LogP contribution in [0.25, 0.3) is 11.1 Å². The van der Waals surface area contributed by atoms with Gasteiger partial charge in [-0.15, -0.1) is 0 Å². The second-order valence-corrected chi connectivity index (χ2v) is 5.37. The van der Waals surface area contributed by atoms with Crippen molar-refractivity contribution in [3.63, 3.8) is 0 Å². The van der Waals surface area contributed by atoms with Gasteiger partial charge >= 0.3 is 0 Å². The van der Waals surface area contributed by atoms with Gasteiger partial charge in [0.15, 0.2) is 6.23 Å². The van der Waals surface area contributed by atoms with Crippen LogP contribution in [0.1, 0.15) is 22.3 Å². The smallest absolute Gasteiger partial charge is 0.260 e. The van der Waals surface area contributed by atoms with E-state index in [1.165, 1.54) is 4.90 Å². The zero-order valence-electron chi connectivity index (χ0n) is 12.3. The number of carbonyl (C=O) groups is 1. The zero-order valence-corrected chi connectivity index (χ0v) is 12.3. The minimum absolute atomic E-state index is 0.248. The number of fused-ring (bicyclic) bond motifs is 3. The number of carbonyl (C=O) groups excluding carboxylic acids is 1. The Balaban J connectivity index is 1.90. The van der Waals surface area contributed by atoms with Crippen molar-refractivity contribution < 1.29 is 9.90 Å². The fourth-order valence-electron chi connectivity index (χ4n) is 2.96. The number of aliphatic hydroxyl groups excluding tert-OH is 1. The standard InChI is InChI=1S/C19H14N2O2/c22-18(13-7-2-1-3-8-13)21-16-11-5-4-9-14(16)15-10-6-12-20-17(15)19(21)23/h1-12,19,23H. The molecule has 2 aromatic carbocycles. The van der Waals surface area contributed by atoms with Crippen molar-refractivity contribution in [3.05, 3.63) is 84.2 Å². The fourth-order valence-corrected chi connectivity index (χ4v) is 2.96. The minimum atomic E-state index is -1.10. The second-order valence-electron chi connectivity index (χ2n) is 5.37. The van der Waals surface area contributed by atoms with Gasteiger partial charge in [0.25, 0.3) is 5.91 Å². The molecule has 4 heteroatoms. The van der Waals surface area contributed by atoms with Crippen LogP contribution in [0.3, 0.4) is 0 Å². The Kier molecular flexibility index (Phi) is 3.17. The van der Waals surface area contributed by atoms with Gasteiger partial charge in [0.05, 0.1) is 11.4 Å². The molecular weight excluding hydrogens is 288 g/mol. The van der Waals surface area contributed by atoms with E-state index < -0.39 is 6.23 Å². The van der Waals surface area contributed by atoms with E-state index in [2.05, 4.69) is 4.98 Å². The van der Waals surface area contributed by atoms with Crippen molar-refractivity contribution in [1.82, 2.24) is 4.98 Å². The molecule has 1 atom stereocenters. The molecule has 1 amide bonds. The van der Waals surface area contributed by atoms with Gasteiger partial charge in [0.2, 0.25) is 0 Å². The maximum absolute atomic E-state index is 12.9. The van der Waals surface area contributed by atoms with Crippen LogP contribution in [0.5, 0.6) is 0 Å². The molecule has 0 bridgehead atoms. The number of para-hydroxylation sites is 1.